The number of fused-ring (bicyclic) bond motifs is 1. The van der Waals surface area contributed by atoms with Crippen LogP contribution in [0.4, 0.5) is 5.82 Å². The van der Waals surface area contributed by atoms with Gasteiger partial charge in [0.15, 0.2) is 0 Å². The molecule has 5 heteroatoms. The van der Waals surface area contributed by atoms with Crippen LogP contribution in [0.25, 0.3) is 22.3 Å². The highest BCUT2D eigenvalue weighted by Crippen LogP contribution is 2.31. The van der Waals surface area contributed by atoms with Gasteiger partial charge in [0.1, 0.15) is 11.6 Å². The summed E-state index contributed by atoms with van der Waals surface area (Å²) in [7, 11) is 0. The Morgan fingerprint density at radius 2 is 2.05 bits per heavy atom. The molecule has 4 rings (SSSR count). The number of imidazole rings is 1. The number of nitrogens with zero attached hydrogens (tertiary/aromatic N) is 3. The number of benzene rings is 1. The SMILES string of the molecule is Cc1ccc2cc(-c3ncc[nH]3)c(N3CCOCC3)nc2c1. The zero-order valence-corrected chi connectivity index (χ0v) is 12.5. The van der Waals surface area contributed by atoms with Gasteiger partial charge in [0.25, 0.3) is 0 Å². The molecule has 1 saturated heterocycles. The van der Waals surface area contributed by atoms with Gasteiger partial charge in [-0.2, -0.15) is 0 Å². The smallest absolute Gasteiger partial charge is 0.141 e. The van der Waals surface area contributed by atoms with Crippen LogP contribution >= 0.6 is 0 Å². The molecule has 0 atom stereocenters. The Morgan fingerprint density at radius 3 is 2.82 bits per heavy atom. The first kappa shape index (κ1) is 13.3. The first-order valence-corrected chi connectivity index (χ1v) is 7.55. The second kappa shape index (κ2) is 5.42. The Hall–Kier alpha value is -2.40. The molecule has 112 valence electrons. The molecular weight excluding hydrogens is 276 g/mol. The molecule has 5 nitrogen and oxygen atoms in total. The lowest BCUT2D eigenvalue weighted by Crippen LogP contribution is -2.37. The molecular formula is C17H18N4O. The second-order valence-corrected chi connectivity index (χ2v) is 5.59. The molecule has 0 amide bonds. The van der Waals surface area contributed by atoms with Crippen LogP contribution in [0.3, 0.4) is 0 Å². The van der Waals surface area contributed by atoms with E-state index in [9.17, 15) is 0 Å². The minimum atomic E-state index is 0.741. The van der Waals surface area contributed by atoms with Crippen LogP contribution in [-0.2, 0) is 4.74 Å². The Bertz CT molecular complexity index is 792. The monoisotopic (exact) mass is 294 g/mol. The van der Waals surface area contributed by atoms with Crippen LogP contribution in [-0.4, -0.2) is 41.3 Å². The molecule has 3 heterocycles. The number of hydrogen-bond donors (Lipinski definition) is 1. The van der Waals surface area contributed by atoms with Gasteiger partial charge in [0.05, 0.1) is 24.3 Å². The number of nitrogens with one attached hydrogen (secondary N) is 1. The van der Waals surface area contributed by atoms with Crippen molar-refractivity contribution in [3.63, 3.8) is 0 Å². The number of morpholine rings is 1. The van der Waals surface area contributed by atoms with Crippen molar-refractivity contribution < 1.29 is 4.74 Å². The molecule has 22 heavy (non-hydrogen) atoms. The standard InChI is InChI=1S/C17H18N4O/c1-12-2-3-13-11-14(16-18-4-5-19-16)17(20-15(13)10-12)21-6-8-22-9-7-21/h2-5,10-11H,6-9H2,1H3,(H,18,19). The highest BCUT2D eigenvalue weighted by molar-refractivity contribution is 5.88. The number of aromatic amines is 1. The fraction of sp³-hybridized carbons (Fsp3) is 0.294. The minimum absolute atomic E-state index is 0.741. The summed E-state index contributed by atoms with van der Waals surface area (Å²) in [6, 6.07) is 8.54. The van der Waals surface area contributed by atoms with Gasteiger partial charge in [0.2, 0.25) is 0 Å². The van der Waals surface area contributed by atoms with Crippen LogP contribution in [0.1, 0.15) is 5.56 Å². The predicted molar refractivity (Wildman–Crippen MR) is 87.1 cm³/mol. The molecule has 0 unspecified atom stereocenters. The maximum atomic E-state index is 5.47. The zero-order valence-electron chi connectivity index (χ0n) is 12.5. The largest absolute Gasteiger partial charge is 0.378 e. The molecule has 1 N–H and O–H groups in total. The van der Waals surface area contributed by atoms with Crippen molar-refractivity contribution in [1.29, 1.82) is 0 Å². The Labute approximate surface area is 129 Å². The van der Waals surface area contributed by atoms with E-state index in [1.54, 1.807) is 6.20 Å². The summed E-state index contributed by atoms with van der Waals surface area (Å²) in [5, 5.41) is 1.13. The minimum Gasteiger partial charge on any atom is -0.378 e. The topological polar surface area (TPSA) is 54.0 Å². The van der Waals surface area contributed by atoms with Crippen molar-refractivity contribution in [2.75, 3.05) is 31.2 Å². The third kappa shape index (κ3) is 2.33. The van der Waals surface area contributed by atoms with Gasteiger partial charge in [0, 0.05) is 30.9 Å². The fourth-order valence-electron chi connectivity index (χ4n) is 2.87. The fourth-order valence-corrected chi connectivity index (χ4v) is 2.87. The number of rotatable bonds is 2. The molecule has 0 aliphatic carbocycles. The number of pyridine rings is 1. The van der Waals surface area contributed by atoms with Crippen molar-refractivity contribution in [3.8, 4) is 11.4 Å². The van der Waals surface area contributed by atoms with Crippen molar-refractivity contribution in [3.05, 3.63) is 42.2 Å². The number of anilines is 1. The van der Waals surface area contributed by atoms with E-state index in [1.165, 1.54) is 5.56 Å². The van der Waals surface area contributed by atoms with E-state index in [0.29, 0.717) is 0 Å². The summed E-state index contributed by atoms with van der Waals surface area (Å²) in [5.41, 5.74) is 3.29. The number of aryl methyl sites for hydroxylation is 1. The first-order chi connectivity index (χ1) is 10.8. The molecule has 1 aliphatic heterocycles. The number of hydrogen-bond acceptors (Lipinski definition) is 4. The highest BCUT2D eigenvalue weighted by atomic mass is 16.5. The third-order valence-corrected chi connectivity index (χ3v) is 4.02. The summed E-state index contributed by atoms with van der Waals surface area (Å²) in [6.07, 6.45) is 3.62. The van der Waals surface area contributed by atoms with E-state index in [4.69, 9.17) is 9.72 Å². The van der Waals surface area contributed by atoms with Gasteiger partial charge < -0.3 is 14.6 Å². The molecule has 1 aliphatic rings. The Morgan fingerprint density at radius 1 is 1.18 bits per heavy atom. The third-order valence-electron chi connectivity index (χ3n) is 4.02. The molecule has 0 saturated carbocycles. The van der Waals surface area contributed by atoms with Crippen LogP contribution in [0.5, 0.6) is 0 Å². The lowest BCUT2D eigenvalue weighted by Gasteiger charge is -2.29. The average molecular weight is 294 g/mol. The predicted octanol–water partition coefficient (Wildman–Crippen LogP) is 2.77. The van der Waals surface area contributed by atoms with E-state index in [2.05, 4.69) is 46.1 Å². The lowest BCUT2D eigenvalue weighted by atomic mass is 10.1. The summed E-state index contributed by atoms with van der Waals surface area (Å²) in [5.74, 6) is 1.84. The van der Waals surface area contributed by atoms with Gasteiger partial charge >= 0.3 is 0 Å². The van der Waals surface area contributed by atoms with Crippen molar-refractivity contribution >= 4 is 16.7 Å². The van der Waals surface area contributed by atoms with Crippen molar-refractivity contribution in [1.82, 2.24) is 15.0 Å². The quantitative estimate of drug-likeness (QED) is 0.789. The van der Waals surface area contributed by atoms with Crippen LogP contribution in [0.2, 0.25) is 0 Å². The molecule has 1 fully saturated rings. The number of aromatic nitrogens is 3. The summed E-state index contributed by atoms with van der Waals surface area (Å²) in [6.45, 7) is 5.29. The van der Waals surface area contributed by atoms with E-state index in [-0.39, 0.29) is 0 Å². The normalized spacial score (nSPS) is 15.4. The summed E-state index contributed by atoms with van der Waals surface area (Å²) >= 11 is 0. The molecule has 0 bridgehead atoms. The molecule has 3 aromatic rings. The van der Waals surface area contributed by atoms with Crippen LogP contribution in [0.15, 0.2) is 36.7 Å². The van der Waals surface area contributed by atoms with E-state index < -0.39 is 0 Å². The molecule has 0 radical (unpaired) electrons. The van der Waals surface area contributed by atoms with Gasteiger partial charge in [-0.05, 0) is 24.6 Å². The Balaban J connectivity index is 1.91. The second-order valence-electron chi connectivity index (χ2n) is 5.59. The van der Waals surface area contributed by atoms with Gasteiger partial charge in [-0.1, -0.05) is 12.1 Å². The van der Waals surface area contributed by atoms with Gasteiger partial charge in [-0.15, -0.1) is 0 Å². The van der Waals surface area contributed by atoms with Crippen molar-refractivity contribution in [2.24, 2.45) is 0 Å². The van der Waals surface area contributed by atoms with Crippen LogP contribution < -0.4 is 4.90 Å². The Kier molecular flexibility index (Phi) is 3.27. The average Bonchev–Trinajstić information content (AvgIpc) is 3.09. The number of H-pyrrole nitrogens is 1. The summed E-state index contributed by atoms with van der Waals surface area (Å²) in [4.78, 5) is 14.8. The maximum absolute atomic E-state index is 5.47. The summed E-state index contributed by atoms with van der Waals surface area (Å²) < 4.78 is 5.47. The molecule has 1 aromatic carbocycles. The van der Waals surface area contributed by atoms with E-state index >= 15 is 0 Å². The molecule has 0 spiro atoms. The van der Waals surface area contributed by atoms with E-state index in [0.717, 1.165) is 54.4 Å². The van der Waals surface area contributed by atoms with E-state index in [1.807, 2.05) is 6.20 Å². The highest BCUT2D eigenvalue weighted by Gasteiger charge is 2.19. The van der Waals surface area contributed by atoms with Gasteiger partial charge in [-0.25, -0.2) is 9.97 Å². The number of ether oxygens (including phenoxy) is 1. The lowest BCUT2D eigenvalue weighted by molar-refractivity contribution is 0.122. The van der Waals surface area contributed by atoms with Gasteiger partial charge in [-0.3, -0.25) is 0 Å². The zero-order chi connectivity index (χ0) is 14.9. The maximum Gasteiger partial charge on any atom is 0.141 e. The van der Waals surface area contributed by atoms with Crippen molar-refractivity contribution in [2.45, 2.75) is 6.92 Å². The van der Waals surface area contributed by atoms with Crippen LogP contribution in [0, 0.1) is 6.92 Å². The molecule has 2 aromatic heterocycles. The first-order valence-electron chi connectivity index (χ1n) is 7.55.